The van der Waals surface area contributed by atoms with Gasteiger partial charge in [0, 0.05) is 56.0 Å². The molecule has 1 aromatic heterocycles. The van der Waals surface area contributed by atoms with Gasteiger partial charge in [-0.3, -0.25) is 0 Å². The molecule has 1 spiro atoms. The lowest BCUT2D eigenvalue weighted by Gasteiger charge is -2.31. The molecule has 286 valence electrons. The highest BCUT2D eigenvalue weighted by atomic mass is 15.1. The molecule has 2 aliphatic rings. The van der Waals surface area contributed by atoms with E-state index in [0.717, 1.165) is 42.7 Å². The van der Waals surface area contributed by atoms with Crippen molar-refractivity contribution in [3.05, 3.63) is 235 Å². The minimum Gasteiger partial charge on any atom is -0.310 e. The van der Waals surface area contributed by atoms with Crippen molar-refractivity contribution in [1.82, 2.24) is 4.57 Å². The third kappa shape index (κ3) is 5.50. The van der Waals surface area contributed by atoms with E-state index in [9.17, 15) is 0 Å². The Balaban J connectivity index is 0.993. The second-order valence-corrected chi connectivity index (χ2v) is 16.5. The molecule has 9 aromatic carbocycles. The first-order chi connectivity index (χ1) is 29.7. The molecule has 0 bridgehead atoms. The van der Waals surface area contributed by atoms with Crippen molar-refractivity contribution < 1.29 is 0 Å². The second kappa shape index (κ2) is 13.9. The van der Waals surface area contributed by atoms with Gasteiger partial charge in [-0.1, -0.05) is 115 Å². The largest absolute Gasteiger partial charge is 0.310 e. The summed E-state index contributed by atoms with van der Waals surface area (Å²) in [6.45, 7) is 0. The van der Waals surface area contributed by atoms with Crippen LogP contribution in [0.4, 0.5) is 34.1 Å². The van der Waals surface area contributed by atoms with Crippen LogP contribution in [-0.2, 0) is 18.3 Å². The molecule has 0 saturated heterocycles. The topological polar surface area (TPSA) is 11.4 Å². The molecule has 1 atom stereocenters. The van der Waals surface area contributed by atoms with Crippen molar-refractivity contribution in [2.45, 2.75) is 31.1 Å². The highest BCUT2D eigenvalue weighted by Gasteiger charge is 2.45. The predicted molar refractivity (Wildman–Crippen MR) is 252 cm³/mol. The van der Waals surface area contributed by atoms with E-state index in [1.807, 2.05) is 0 Å². The molecule has 0 fully saturated rings. The molecule has 0 amide bonds. The Morgan fingerprint density at radius 3 is 1.48 bits per heavy atom. The van der Waals surface area contributed by atoms with Crippen LogP contribution in [0.3, 0.4) is 0 Å². The molecule has 3 nitrogen and oxygen atoms in total. The highest BCUT2D eigenvalue weighted by Crippen LogP contribution is 2.55. The zero-order chi connectivity index (χ0) is 39.6. The maximum atomic E-state index is 2.53. The smallest absolute Gasteiger partial charge is 0.0542 e. The Kier molecular flexibility index (Phi) is 8.02. The molecule has 60 heavy (non-hydrogen) atoms. The van der Waals surface area contributed by atoms with Crippen LogP contribution in [0.25, 0.3) is 38.3 Å². The third-order valence-electron chi connectivity index (χ3n) is 13.3. The highest BCUT2D eigenvalue weighted by molar-refractivity contribution is 6.10. The van der Waals surface area contributed by atoms with Gasteiger partial charge < -0.3 is 14.4 Å². The van der Waals surface area contributed by atoms with Gasteiger partial charge in [0.25, 0.3) is 0 Å². The van der Waals surface area contributed by atoms with Gasteiger partial charge in [0.1, 0.15) is 0 Å². The van der Waals surface area contributed by atoms with Crippen LogP contribution < -0.4 is 9.80 Å². The van der Waals surface area contributed by atoms with E-state index in [0.29, 0.717) is 0 Å². The van der Waals surface area contributed by atoms with Crippen LogP contribution >= 0.6 is 0 Å². The zero-order valence-corrected chi connectivity index (χ0v) is 33.4. The quantitative estimate of drug-likeness (QED) is 0.160. The summed E-state index contributed by atoms with van der Waals surface area (Å²) in [5.41, 5.74) is 16.5. The summed E-state index contributed by atoms with van der Waals surface area (Å²) < 4.78 is 2.39. The van der Waals surface area contributed by atoms with Crippen molar-refractivity contribution >= 4 is 66.7 Å². The second-order valence-electron chi connectivity index (χ2n) is 16.5. The van der Waals surface area contributed by atoms with E-state index in [1.54, 1.807) is 0 Å². The van der Waals surface area contributed by atoms with E-state index in [1.165, 1.54) is 77.6 Å². The molecule has 1 heterocycles. The first-order valence-corrected chi connectivity index (χ1v) is 21.3. The lowest BCUT2D eigenvalue weighted by Crippen LogP contribution is -2.22. The fraction of sp³-hybridized carbons (Fsp3) is 0.0877. The molecule has 2 aliphatic carbocycles. The number of rotatable bonds is 7. The molecule has 12 rings (SSSR count). The maximum Gasteiger partial charge on any atom is 0.0542 e. The standard InChI is InChI=1S/C57H43N3/c1-4-16-44(17-5-1)58(47-27-24-40-14-10-11-15-43(40)36-47)49-28-25-41-32-34-57(53(41)38-49)35-33-42-26-29-50(39-54(42)57)59(45-18-6-2-7-19-45)48-30-31-56-52(37-48)51-22-12-13-23-55(51)60(56)46-20-8-3-9-21-46/h1-31,36-39H,32-35H2/t57-/m1/s1. The molecule has 0 unspecified atom stereocenters. The lowest BCUT2D eigenvalue weighted by atomic mass is 9.76. The molecule has 0 radical (unpaired) electrons. The average molecular weight is 770 g/mol. The lowest BCUT2D eigenvalue weighted by molar-refractivity contribution is 0.507. The number of aromatic nitrogens is 1. The van der Waals surface area contributed by atoms with E-state index >= 15 is 0 Å². The van der Waals surface area contributed by atoms with E-state index in [4.69, 9.17) is 0 Å². The first kappa shape index (κ1) is 34.7. The van der Waals surface area contributed by atoms with Crippen molar-refractivity contribution in [2.75, 3.05) is 9.80 Å². The minimum atomic E-state index is -0.0438. The number of anilines is 6. The van der Waals surface area contributed by atoms with Crippen LogP contribution in [0.1, 0.15) is 35.1 Å². The van der Waals surface area contributed by atoms with Gasteiger partial charge in [-0.2, -0.15) is 0 Å². The van der Waals surface area contributed by atoms with E-state index in [-0.39, 0.29) is 5.41 Å². The van der Waals surface area contributed by atoms with Crippen molar-refractivity contribution in [2.24, 2.45) is 0 Å². The average Bonchev–Trinajstić information content (AvgIpc) is 3.99. The number of hydrogen-bond acceptors (Lipinski definition) is 2. The Morgan fingerprint density at radius 1 is 0.350 bits per heavy atom. The molecule has 0 N–H and O–H groups in total. The normalized spacial score (nSPS) is 15.5. The van der Waals surface area contributed by atoms with Crippen LogP contribution in [0.15, 0.2) is 212 Å². The Hall–Kier alpha value is -7.36. The number of hydrogen-bond donors (Lipinski definition) is 0. The maximum absolute atomic E-state index is 2.53. The van der Waals surface area contributed by atoms with Crippen LogP contribution in [0.5, 0.6) is 0 Å². The fourth-order valence-electron chi connectivity index (χ4n) is 10.6. The summed E-state index contributed by atoms with van der Waals surface area (Å²) in [4.78, 5) is 4.90. The SMILES string of the molecule is c1ccc(N(c2ccc3c(c2)[C@@]2(CC3)CCc3ccc(N(c4ccccc4)c4ccc5c(c4)c4ccccc4n5-c4ccccc4)cc32)c2ccc3ccccc3c2)cc1. The van der Waals surface area contributed by atoms with Crippen LogP contribution in [-0.4, -0.2) is 4.57 Å². The van der Waals surface area contributed by atoms with Gasteiger partial charge >= 0.3 is 0 Å². The zero-order valence-electron chi connectivity index (χ0n) is 33.4. The number of para-hydroxylation sites is 4. The van der Waals surface area contributed by atoms with Crippen LogP contribution in [0, 0.1) is 0 Å². The monoisotopic (exact) mass is 769 g/mol. The summed E-state index contributed by atoms with van der Waals surface area (Å²) in [5, 5.41) is 5.00. The van der Waals surface area contributed by atoms with Gasteiger partial charge in [-0.25, -0.2) is 0 Å². The summed E-state index contributed by atoms with van der Waals surface area (Å²) in [5.74, 6) is 0. The van der Waals surface area contributed by atoms with Gasteiger partial charge in [-0.15, -0.1) is 0 Å². The van der Waals surface area contributed by atoms with E-state index < -0.39 is 0 Å². The molecule has 10 aromatic rings. The van der Waals surface area contributed by atoms with E-state index in [2.05, 4.69) is 227 Å². The van der Waals surface area contributed by atoms with Gasteiger partial charge in [-0.05, 0) is 156 Å². The third-order valence-corrected chi connectivity index (χ3v) is 13.3. The van der Waals surface area contributed by atoms with Crippen molar-refractivity contribution in [3.8, 4) is 5.69 Å². The minimum absolute atomic E-state index is 0.0438. The summed E-state index contributed by atoms with van der Waals surface area (Å²) in [6, 6.07) is 78.4. The Bertz CT molecular complexity index is 3220. The molecule has 3 heteroatoms. The number of benzene rings is 9. The summed E-state index contributed by atoms with van der Waals surface area (Å²) in [7, 11) is 0. The Labute approximate surface area is 351 Å². The predicted octanol–water partition coefficient (Wildman–Crippen LogP) is 15.1. The number of nitrogens with zero attached hydrogens (tertiary/aromatic N) is 3. The molecule has 0 saturated carbocycles. The first-order valence-electron chi connectivity index (χ1n) is 21.3. The van der Waals surface area contributed by atoms with Gasteiger partial charge in [0.15, 0.2) is 0 Å². The fourth-order valence-corrected chi connectivity index (χ4v) is 10.6. The summed E-state index contributed by atoms with van der Waals surface area (Å²) >= 11 is 0. The van der Waals surface area contributed by atoms with Crippen molar-refractivity contribution in [3.63, 3.8) is 0 Å². The Morgan fingerprint density at radius 2 is 0.833 bits per heavy atom. The molecular weight excluding hydrogens is 727 g/mol. The summed E-state index contributed by atoms with van der Waals surface area (Å²) in [6.07, 6.45) is 4.42. The molecule has 0 aliphatic heterocycles. The number of fused-ring (bicyclic) bond motifs is 8. The number of aryl methyl sites for hydroxylation is 2. The van der Waals surface area contributed by atoms with Gasteiger partial charge in [0.2, 0.25) is 0 Å². The van der Waals surface area contributed by atoms with Crippen molar-refractivity contribution in [1.29, 1.82) is 0 Å². The molecular formula is C57H43N3. The van der Waals surface area contributed by atoms with Gasteiger partial charge in [0.05, 0.1) is 11.0 Å². The van der Waals surface area contributed by atoms with Crippen LogP contribution in [0.2, 0.25) is 0 Å².